The smallest absolute Gasteiger partial charge is 0.136 e. The molecule has 0 aliphatic rings. The number of aromatic hydroxyl groups is 1. The van der Waals surface area contributed by atoms with Crippen LogP contribution in [0.4, 0.5) is 4.39 Å². The van der Waals surface area contributed by atoms with Crippen LogP contribution >= 0.6 is 0 Å². The van der Waals surface area contributed by atoms with Crippen LogP contribution in [-0.4, -0.2) is 10.1 Å². The molecule has 1 heterocycles. The fourth-order valence-corrected chi connectivity index (χ4v) is 1.34. The number of hydrogen-bond acceptors (Lipinski definition) is 2. The summed E-state index contributed by atoms with van der Waals surface area (Å²) in [6.07, 6.45) is 1.68. The Balaban J connectivity index is 2.49. The first-order valence-electron chi connectivity index (χ1n) is 4.58. The number of hydrogen-bond donors (Lipinski definition) is 1. The Morgan fingerprint density at radius 2 is 2.00 bits per heavy atom. The summed E-state index contributed by atoms with van der Waals surface area (Å²) in [4.78, 5) is 4.12. The Morgan fingerprint density at radius 3 is 2.60 bits per heavy atom. The van der Waals surface area contributed by atoms with Crippen molar-refractivity contribution in [2.75, 3.05) is 0 Å². The van der Waals surface area contributed by atoms with Crippen molar-refractivity contribution in [3.8, 4) is 17.0 Å². The molecule has 0 saturated heterocycles. The topological polar surface area (TPSA) is 33.1 Å². The van der Waals surface area contributed by atoms with E-state index < -0.39 is 5.82 Å². The van der Waals surface area contributed by atoms with E-state index in [0.717, 1.165) is 11.6 Å². The van der Waals surface area contributed by atoms with Crippen LogP contribution in [0.3, 0.4) is 0 Å². The maximum Gasteiger partial charge on any atom is 0.136 e. The number of pyridine rings is 1. The maximum absolute atomic E-state index is 13.4. The zero-order valence-corrected chi connectivity index (χ0v) is 8.24. The molecule has 1 N–H and O–H groups in total. The van der Waals surface area contributed by atoms with Gasteiger partial charge in [0.2, 0.25) is 0 Å². The predicted molar refractivity (Wildman–Crippen MR) is 56.0 cm³/mol. The Morgan fingerprint density at radius 1 is 1.20 bits per heavy atom. The van der Waals surface area contributed by atoms with E-state index in [4.69, 9.17) is 5.11 Å². The molecule has 0 bridgehead atoms. The summed E-state index contributed by atoms with van der Waals surface area (Å²) in [5.74, 6) is -0.547. The van der Waals surface area contributed by atoms with Gasteiger partial charge in [-0.1, -0.05) is 6.07 Å². The van der Waals surface area contributed by atoms with Gasteiger partial charge in [0.25, 0.3) is 0 Å². The number of phenols is 1. The normalized spacial score (nSPS) is 10.3. The summed E-state index contributed by atoms with van der Waals surface area (Å²) in [7, 11) is 0. The number of nitrogens with zero attached hydrogens (tertiary/aromatic N) is 1. The summed E-state index contributed by atoms with van der Waals surface area (Å²) in [6, 6.07) is 7.67. The minimum Gasteiger partial charge on any atom is -0.508 e. The Bertz CT molecular complexity index is 479. The standard InChI is InChI=1S/C12H10FNO/c1-8-2-5-12(14-7-8)10-4-3-9(15)6-11(10)13/h2-7,15H,1H3. The summed E-state index contributed by atoms with van der Waals surface area (Å²) < 4.78 is 13.4. The van der Waals surface area contributed by atoms with Crippen molar-refractivity contribution in [3.05, 3.63) is 47.9 Å². The molecule has 0 radical (unpaired) electrons. The number of halogens is 1. The predicted octanol–water partition coefficient (Wildman–Crippen LogP) is 2.90. The molecule has 76 valence electrons. The van der Waals surface area contributed by atoms with Crippen LogP contribution in [0.2, 0.25) is 0 Å². The van der Waals surface area contributed by atoms with E-state index in [9.17, 15) is 4.39 Å². The van der Waals surface area contributed by atoms with Crippen molar-refractivity contribution in [1.29, 1.82) is 0 Å². The first-order valence-corrected chi connectivity index (χ1v) is 4.58. The van der Waals surface area contributed by atoms with Crippen LogP contribution in [-0.2, 0) is 0 Å². The summed E-state index contributed by atoms with van der Waals surface area (Å²) >= 11 is 0. The third kappa shape index (κ3) is 1.96. The molecule has 0 fully saturated rings. The second-order valence-corrected chi connectivity index (χ2v) is 3.38. The molecule has 0 spiro atoms. The molecule has 0 amide bonds. The first kappa shape index (κ1) is 9.65. The first-order chi connectivity index (χ1) is 7.16. The lowest BCUT2D eigenvalue weighted by Gasteiger charge is -2.03. The maximum atomic E-state index is 13.4. The monoisotopic (exact) mass is 203 g/mol. The van der Waals surface area contributed by atoms with E-state index in [0.29, 0.717) is 11.3 Å². The van der Waals surface area contributed by atoms with Gasteiger partial charge in [-0.2, -0.15) is 0 Å². The third-order valence-corrected chi connectivity index (χ3v) is 2.14. The van der Waals surface area contributed by atoms with E-state index in [1.165, 1.54) is 12.1 Å². The van der Waals surface area contributed by atoms with Gasteiger partial charge in [0.1, 0.15) is 11.6 Å². The summed E-state index contributed by atoms with van der Waals surface area (Å²) in [6.45, 7) is 1.92. The second-order valence-electron chi connectivity index (χ2n) is 3.38. The molecule has 3 heteroatoms. The van der Waals surface area contributed by atoms with Crippen molar-refractivity contribution in [2.24, 2.45) is 0 Å². The van der Waals surface area contributed by atoms with E-state index in [1.807, 2.05) is 13.0 Å². The molecular weight excluding hydrogens is 193 g/mol. The molecule has 0 unspecified atom stereocenters. The fourth-order valence-electron chi connectivity index (χ4n) is 1.34. The lowest BCUT2D eigenvalue weighted by atomic mass is 10.1. The molecule has 2 rings (SSSR count). The number of aromatic nitrogens is 1. The van der Waals surface area contributed by atoms with Gasteiger partial charge >= 0.3 is 0 Å². The molecule has 2 nitrogen and oxygen atoms in total. The molecule has 0 saturated carbocycles. The van der Waals surface area contributed by atoms with Crippen LogP contribution < -0.4 is 0 Å². The van der Waals surface area contributed by atoms with Gasteiger partial charge in [0, 0.05) is 17.8 Å². The quantitative estimate of drug-likeness (QED) is 0.773. The van der Waals surface area contributed by atoms with Gasteiger partial charge in [-0.3, -0.25) is 4.98 Å². The molecule has 0 aliphatic carbocycles. The highest BCUT2D eigenvalue weighted by Gasteiger charge is 2.06. The van der Waals surface area contributed by atoms with Gasteiger partial charge in [0.15, 0.2) is 0 Å². The fraction of sp³-hybridized carbons (Fsp3) is 0.0833. The SMILES string of the molecule is Cc1ccc(-c2ccc(O)cc2F)nc1. The minimum atomic E-state index is -0.466. The van der Waals surface area contributed by atoms with E-state index in [-0.39, 0.29) is 5.75 Å². The second kappa shape index (κ2) is 3.69. The highest BCUT2D eigenvalue weighted by atomic mass is 19.1. The van der Waals surface area contributed by atoms with Gasteiger partial charge in [-0.05, 0) is 30.7 Å². The Labute approximate surface area is 87.0 Å². The summed E-state index contributed by atoms with van der Waals surface area (Å²) in [5, 5.41) is 9.07. The lowest BCUT2D eigenvalue weighted by Crippen LogP contribution is -1.87. The van der Waals surface area contributed by atoms with E-state index in [2.05, 4.69) is 4.98 Å². The Hall–Kier alpha value is -1.90. The van der Waals surface area contributed by atoms with Crippen molar-refractivity contribution >= 4 is 0 Å². The van der Waals surface area contributed by atoms with Crippen LogP contribution in [0.25, 0.3) is 11.3 Å². The highest BCUT2D eigenvalue weighted by Crippen LogP contribution is 2.23. The average molecular weight is 203 g/mol. The zero-order chi connectivity index (χ0) is 10.8. The average Bonchev–Trinajstić information content (AvgIpc) is 2.20. The lowest BCUT2D eigenvalue weighted by molar-refractivity contribution is 0.469. The molecule has 2 aromatic rings. The van der Waals surface area contributed by atoms with Crippen molar-refractivity contribution in [3.63, 3.8) is 0 Å². The van der Waals surface area contributed by atoms with Gasteiger partial charge in [0.05, 0.1) is 5.69 Å². The van der Waals surface area contributed by atoms with Gasteiger partial charge in [-0.25, -0.2) is 4.39 Å². The molecule has 0 aliphatic heterocycles. The number of phenolic OH excluding ortho intramolecular Hbond substituents is 1. The zero-order valence-electron chi connectivity index (χ0n) is 8.24. The molecule has 1 aromatic carbocycles. The summed E-state index contributed by atoms with van der Waals surface area (Å²) in [5.41, 5.74) is 1.99. The molecule has 1 aromatic heterocycles. The van der Waals surface area contributed by atoms with Crippen LogP contribution in [0, 0.1) is 12.7 Å². The number of aryl methyl sites for hydroxylation is 1. The molecule has 0 atom stereocenters. The van der Waals surface area contributed by atoms with Crippen LogP contribution in [0.1, 0.15) is 5.56 Å². The molecular formula is C12H10FNO. The van der Waals surface area contributed by atoms with E-state index >= 15 is 0 Å². The molecule has 15 heavy (non-hydrogen) atoms. The Kier molecular flexibility index (Phi) is 2.37. The number of rotatable bonds is 1. The van der Waals surface area contributed by atoms with Crippen molar-refractivity contribution < 1.29 is 9.50 Å². The van der Waals surface area contributed by atoms with Crippen LogP contribution in [0.15, 0.2) is 36.5 Å². The highest BCUT2D eigenvalue weighted by molar-refractivity contribution is 5.60. The van der Waals surface area contributed by atoms with Crippen molar-refractivity contribution in [1.82, 2.24) is 4.98 Å². The third-order valence-electron chi connectivity index (χ3n) is 2.14. The largest absolute Gasteiger partial charge is 0.508 e. The minimum absolute atomic E-state index is 0.0802. The van der Waals surface area contributed by atoms with Gasteiger partial charge < -0.3 is 5.11 Å². The van der Waals surface area contributed by atoms with E-state index in [1.54, 1.807) is 12.3 Å². The van der Waals surface area contributed by atoms with Gasteiger partial charge in [-0.15, -0.1) is 0 Å². The van der Waals surface area contributed by atoms with Crippen LogP contribution in [0.5, 0.6) is 5.75 Å². The van der Waals surface area contributed by atoms with Crippen molar-refractivity contribution in [2.45, 2.75) is 6.92 Å². The number of benzene rings is 1.